The number of non-ortho nitro benzene ring substituents is 1. The van der Waals surface area contributed by atoms with Gasteiger partial charge in [-0.3, -0.25) is 14.9 Å². The van der Waals surface area contributed by atoms with Crippen LogP contribution >= 0.6 is 0 Å². The number of benzene rings is 1. The Morgan fingerprint density at radius 2 is 1.70 bits per heavy atom. The van der Waals surface area contributed by atoms with Crippen molar-refractivity contribution in [2.75, 3.05) is 5.32 Å². The van der Waals surface area contributed by atoms with Crippen LogP contribution in [0.5, 0.6) is 0 Å². The monoisotopic (exact) mass is 380 g/mol. The first-order valence-electron chi connectivity index (χ1n) is 10.2. The number of carbonyl (C=O) groups is 1. The molecule has 0 radical (unpaired) electrons. The van der Waals surface area contributed by atoms with E-state index in [4.69, 9.17) is 0 Å². The van der Waals surface area contributed by atoms with Gasteiger partial charge in [0.25, 0.3) is 5.69 Å². The number of alkyl halides is 1. The summed E-state index contributed by atoms with van der Waals surface area (Å²) in [5.74, 6) is -0.315. The minimum atomic E-state index is -0.967. The highest BCUT2D eigenvalue weighted by atomic mass is 19.1. The Morgan fingerprint density at radius 1 is 1.07 bits per heavy atom. The van der Waals surface area contributed by atoms with Crippen molar-refractivity contribution >= 4 is 17.3 Å². The quantitative estimate of drug-likeness (QED) is 0.212. The van der Waals surface area contributed by atoms with Crippen molar-refractivity contribution in [3.05, 3.63) is 34.4 Å². The lowest BCUT2D eigenvalue weighted by atomic mass is 10.0. The summed E-state index contributed by atoms with van der Waals surface area (Å²) in [7, 11) is 0. The molecule has 152 valence electrons. The van der Waals surface area contributed by atoms with E-state index in [1.54, 1.807) is 6.07 Å². The SMILES string of the molecule is CCCCCCCCCCCC(F)CCC(=O)Nc1cccc([N+](=O)[O-])c1. The topological polar surface area (TPSA) is 72.2 Å². The van der Waals surface area contributed by atoms with Crippen molar-refractivity contribution in [3.63, 3.8) is 0 Å². The number of unbranched alkanes of at least 4 members (excludes halogenated alkanes) is 8. The number of hydrogen-bond donors (Lipinski definition) is 1. The predicted octanol–water partition coefficient (Wildman–Crippen LogP) is 6.57. The van der Waals surface area contributed by atoms with Gasteiger partial charge in [-0.05, 0) is 18.9 Å². The average molecular weight is 381 g/mol. The van der Waals surface area contributed by atoms with Crippen molar-refractivity contribution in [1.82, 2.24) is 0 Å². The fourth-order valence-electron chi connectivity index (χ4n) is 3.03. The molecule has 0 bridgehead atoms. The summed E-state index contributed by atoms with van der Waals surface area (Å²) < 4.78 is 13.9. The van der Waals surface area contributed by atoms with Gasteiger partial charge < -0.3 is 5.32 Å². The minimum absolute atomic E-state index is 0.0819. The van der Waals surface area contributed by atoms with Crippen LogP contribution in [0.1, 0.15) is 84.0 Å². The van der Waals surface area contributed by atoms with E-state index in [1.807, 2.05) is 0 Å². The largest absolute Gasteiger partial charge is 0.326 e. The molecule has 0 heterocycles. The van der Waals surface area contributed by atoms with Crippen LogP contribution < -0.4 is 5.32 Å². The van der Waals surface area contributed by atoms with Crippen LogP contribution in [-0.2, 0) is 4.79 Å². The Bertz CT molecular complexity index is 566. The first-order chi connectivity index (χ1) is 13.0. The summed E-state index contributed by atoms with van der Waals surface area (Å²) >= 11 is 0. The number of nitrogens with zero attached hydrogens (tertiary/aromatic N) is 1. The summed E-state index contributed by atoms with van der Waals surface area (Å²) in [6, 6.07) is 5.75. The molecule has 0 aromatic heterocycles. The van der Waals surface area contributed by atoms with Gasteiger partial charge in [0.1, 0.15) is 6.17 Å². The van der Waals surface area contributed by atoms with E-state index in [-0.39, 0.29) is 24.4 Å². The Labute approximate surface area is 161 Å². The van der Waals surface area contributed by atoms with Gasteiger partial charge in [-0.25, -0.2) is 4.39 Å². The van der Waals surface area contributed by atoms with Gasteiger partial charge in [0, 0.05) is 24.2 Å². The molecule has 5 nitrogen and oxygen atoms in total. The second kappa shape index (κ2) is 14.1. The van der Waals surface area contributed by atoms with Crippen LogP contribution in [0.25, 0.3) is 0 Å². The molecular formula is C21H33FN2O3. The third-order valence-corrected chi connectivity index (χ3v) is 4.65. The summed E-state index contributed by atoms with van der Waals surface area (Å²) in [6.45, 7) is 2.21. The number of nitrogens with one attached hydrogen (secondary N) is 1. The normalized spacial score (nSPS) is 11.9. The van der Waals surface area contributed by atoms with E-state index in [0.717, 1.165) is 19.3 Å². The standard InChI is InChI=1S/C21H33FN2O3/c1-2-3-4-5-6-7-8-9-10-12-18(22)15-16-21(25)23-19-13-11-14-20(17-19)24(26)27/h11,13-14,17-18H,2-10,12,15-16H2,1H3,(H,23,25). The molecule has 0 fully saturated rings. The highest BCUT2D eigenvalue weighted by molar-refractivity contribution is 5.90. The molecule has 27 heavy (non-hydrogen) atoms. The minimum Gasteiger partial charge on any atom is -0.326 e. The highest BCUT2D eigenvalue weighted by Crippen LogP contribution is 2.18. The van der Waals surface area contributed by atoms with Gasteiger partial charge in [0.2, 0.25) is 5.91 Å². The Balaban J connectivity index is 2.08. The van der Waals surface area contributed by atoms with E-state index in [2.05, 4.69) is 12.2 Å². The van der Waals surface area contributed by atoms with Gasteiger partial charge in [0.05, 0.1) is 4.92 Å². The van der Waals surface area contributed by atoms with Gasteiger partial charge >= 0.3 is 0 Å². The molecule has 0 saturated heterocycles. The molecule has 1 amide bonds. The molecule has 0 saturated carbocycles. The smallest absolute Gasteiger partial charge is 0.271 e. The number of rotatable bonds is 15. The molecule has 0 aliphatic carbocycles. The zero-order valence-corrected chi connectivity index (χ0v) is 16.4. The van der Waals surface area contributed by atoms with Gasteiger partial charge in [-0.15, -0.1) is 0 Å². The van der Waals surface area contributed by atoms with E-state index < -0.39 is 11.1 Å². The summed E-state index contributed by atoms with van der Waals surface area (Å²) in [4.78, 5) is 22.1. The van der Waals surface area contributed by atoms with E-state index in [0.29, 0.717) is 12.1 Å². The van der Waals surface area contributed by atoms with E-state index >= 15 is 0 Å². The van der Waals surface area contributed by atoms with E-state index in [1.165, 1.54) is 56.7 Å². The van der Waals surface area contributed by atoms with E-state index in [9.17, 15) is 19.3 Å². The lowest BCUT2D eigenvalue weighted by Gasteiger charge is -2.09. The average Bonchev–Trinajstić information content (AvgIpc) is 2.65. The molecule has 1 aromatic carbocycles. The third-order valence-electron chi connectivity index (χ3n) is 4.65. The molecule has 1 aromatic rings. The number of halogens is 1. The Morgan fingerprint density at radius 3 is 2.33 bits per heavy atom. The van der Waals surface area contributed by atoms with Gasteiger partial charge in [0.15, 0.2) is 0 Å². The summed E-state index contributed by atoms with van der Waals surface area (Å²) in [5.41, 5.74) is 0.282. The van der Waals surface area contributed by atoms with Crippen molar-refractivity contribution < 1.29 is 14.1 Å². The van der Waals surface area contributed by atoms with Crippen molar-refractivity contribution in [2.24, 2.45) is 0 Å². The van der Waals surface area contributed by atoms with Crippen LogP contribution in [0.4, 0.5) is 15.8 Å². The summed E-state index contributed by atoms with van der Waals surface area (Å²) in [6.07, 6.45) is 10.6. The van der Waals surface area contributed by atoms with Gasteiger partial charge in [-0.1, -0.05) is 70.8 Å². The number of hydrogen-bond acceptors (Lipinski definition) is 3. The highest BCUT2D eigenvalue weighted by Gasteiger charge is 2.11. The molecular weight excluding hydrogens is 347 g/mol. The third kappa shape index (κ3) is 11.4. The zero-order chi connectivity index (χ0) is 19.9. The molecule has 1 atom stereocenters. The second-order valence-electron chi connectivity index (χ2n) is 7.11. The molecule has 0 spiro atoms. The first-order valence-corrected chi connectivity index (χ1v) is 10.2. The number of nitro benzene ring substituents is 1. The summed E-state index contributed by atoms with van der Waals surface area (Å²) in [5, 5.41) is 13.3. The maximum Gasteiger partial charge on any atom is 0.271 e. The molecule has 1 unspecified atom stereocenters. The number of nitro groups is 1. The number of carbonyl (C=O) groups excluding carboxylic acids is 1. The molecule has 1 N–H and O–H groups in total. The second-order valence-corrected chi connectivity index (χ2v) is 7.11. The fourth-order valence-corrected chi connectivity index (χ4v) is 3.03. The lowest BCUT2D eigenvalue weighted by Crippen LogP contribution is -2.14. The van der Waals surface area contributed by atoms with Gasteiger partial charge in [-0.2, -0.15) is 0 Å². The van der Waals surface area contributed by atoms with Crippen LogP contribution in [0, 0.1) is 10.1 Å². The molecule has 0 aliphatic heterocycles. The maximum absolute atomic E-state index is 13.9. The predicted molar refractivity (Wildman–Crippen MR) is 108 cm³/mol. The zero-order valence-electron chi connectivity index (χ0n) is 16.4. The fraction of sp³-hybridized carbons (Fsp3) is 0.667. The Kier molecular flexibility index (Phi) is 12.1. The molecule has 0 aliphatic rings. The van der Waals surface area contributed by atoms with Crippen molar-refractivity contribution in [3.8, 4) is 0 Å². The lowest BCUT2D eigenvalue weighted by molar-refractivity contribution is -0.384. The first kappa shape index (κ1) is 23.1. The van der Waals surface area contributed by atoms with Crippen LogP contribution in [0.2, 0.25) is 0 Å². The number of amides is 1. The van der Waals surface area contributed by atoms with Crippen LogP contribution in [0.15, 0.2) is 24.3 Å². The van der Waals surface area contributed by atoms with Crippen LogP contribution in [0.3, 0.4) is 0 Å². The number of anilines is 1. The maximum atomic E-state index is 13.9. The van der Waals surface area contributed by atoms with Crippen molar-refractivity contribution in [1.29, 1.82) is 0 Å². The van der Waals surface area contributed by atoms with Crippen molar-refractivity contribution in [2.45, 2.75) is 90.1 Å². The molecule has 6 heteroatoms. The molecule has 1 rings (SSSR count). The van der Waals surface area contributed by atoms with Crippen LogP contribution in [-0.4, -0.2) is 17.0 Å². The Hall–Kier alpha value is -1.98.